The number of nitrogens with zero attached hydrogens (tertiary/aromatic N) is 3. The first-order valence-corrected chi connectivity index (χ1v) is 7.20. The molecule has 2 N–H and O–H groups in total. The number of aromatic nitrogens is 3. The molecule has 0 bridgehead atoms. The smallest absolute Gasteiger partial charge is 0.315 e. The number of urea groups is 1. The number of nitrogens with one attached hydrogen (secondary N) is 2. The summed E-state index contributed by atoms with van der Waals surface area (Å²) in [6, 6.07) is 6.79. The zero-order chi connectivity index (χ0) is 16.9. The van der Waals surface area contributed by atoms with E-state index in [9.17, 15) is 14.0 Å². The molecule has 0 radical (unpaired) electrons. The van der Waals surface area contributed by atoms with Gasteiger partial charge in [-0.1, -0.05) is 5.21 Å². The van der Waals surface area contributed by atoms with Gasteiger partial charge in [-0.2, -0.15) is 0 Å². The van der Waals surface area contributed by atoms with Gasteiger partial charge in [0.05, 0.1) is 24.7 Å². The molecule has 0 spiro atoms. The van der Waals surface area contributed by atoms with Crippen molar-refractivity contribution in [2.24, 2.45) is 0 Å². The van der Waals surface area contributed by atoms with Gasteiger partial charge < -0.3 is 15.1 Å². The van der Waals surface area contributed by atoms with Crippen LogP contribution in [-0.4, -0.2) is 27.6 Å². The fraction of sp³-hybridized carbons (Fsp3) is 0.200. The lowest BCUT2D eigenvalue weighted by molar-refractivity contribution is 0.239. The summed E-state index contributed by atoms with van der Waals surface area (Å²) < 4.78 is 19.4. The molecule has 2 amide bonds. The molecule has 124 valence electrons. The number of hydrogen-bond donors (Lipinski definition) is 2. The standard InChI is InChI=1S/C15H14FN5O3/c16-10-3-4-13-12(8-10)14(22)21(20-19-13)6-5-17-15(23)18-9-11-2-1-7-24-11/h1-4,7-8H,5-6,9H2,(H2,17,18,23). The Morgan fingerprint density at radius 2 is 2.17 bits per heavy atom. The fourth-order valence-electron chi connectivity index (χ4n) is 2.11. The molecule has 0 aliphatic rings. The summed E-state index contributed by atoms with van der Waals surface area (Å²) in [6.45, 7) is 0.541. The van der Waals surface area contributed by atoms with Gasteiger partial charge in [0.15, 0.2) is 0 Å². The molecule has 0 saturated carbocycles. The Balaban J connectivity index is 1.56. The number of carbonyl (C=O) groups excluding carboxylic acids is 1. The van der Waals surface area contributed by atoms with E-state index in [0.29, 0.717) is 11.3 Å². The minimum Gasteiger partial charge on any atom is -0.467 e. The van der Waals surface area contributed by atoms with Gasteiger partial charge in [0.1, 0.15) is 17.1 Å². The number of benzene rings is 1. The lowest BCUT2D eigenvalue weighted by atomic mass is 10.2. The van der Waals surface area contributed by atoms with E-state index >= 15 is 0 Å². The highest BCUT2D eigenvalue weighted by Gasteiger charge is 2.07. The lowest BCUT2D eigenvalue weighted by Gasteiger charge is -2.07. The number of amides is 2. The van der Waals surface area contributed by atoms with Crippen LogP contribution in [0.5, 0.6) is 0 Å². The SMILES string of the molecule is O=C(NCCn1nnc2ccc(F)cc2c1=O)NCc1ccco1. The van der Waals surface area contributed by atoms with Gasteiger partial charge in [0.2, 0.25) is 0 Å². The van der Waals surface area contributed by atoms with Crippen LogP contribution in [0.2, 0.25) is 0 Å². The average molecular weight is 331 g/mol. The van der Waals surface area contributed by atoms with E-state index in [4.69, 9.17) is 4.42 Å². The Labute approximate surface area is 135 Å². The van der Waals surface area contributed by atoms with Crippen molar-refractivity contribution in [3.05, 3.63) is 58.5 Å². The molecule has 1 aromatic carbocycles. The number of hydrogen-bond acceptors (Lipinski definition) is 5. The first-order chi connectivity index (χ1) is 11.6. The predicted octanol–water partition coefficient (Wildman–Crippen LogP) is 1.02. The highest BCUT2D eigenvalue weighted by atomic mass is 19.1. The van der Waals surface area contributed by atoms with E-state index in [1.165, 1.54) is 18.4 Å². The summed E-state index contributed by atoms with van der Waals surface area (Å²) in [5.74, 6) is 0.110. The fourth-order valence-corrected chi connectivity index (χ4v) is 2.11. The van der Waals surface area contributed by atoms with Crippen LogP contribution in [0, 0.1) is 5.82 Å². The van der Waals surface area contributed by atoms with Crippen LogP contribution >= 0.6 is 0 Å². The average Bonchev–Trinajstić information content (AvgIpc) is 3.09. The second kappa shape index (κ2) is 6.90. The minimum atomic E-state index is -0.519. The van der Waals surface area contributed by atoms with Crippen LogP contribution in [0.15, 0.2) is 45.8 Å². The van der Waals surface area contributed by atoms with Gasteiger partial charge in [0, 0.05) is 6.54 Å². The predicted molar refractivity (Wildman–Crippen MR) is 82.7 cm³/mol. The summed E-state index contributed by atoms with van der Waals surface area (Å²) in [5, 5.41) is 13.0. The van der Waals surface area contributed by atoms with E-state index in [1.54, 1.807) is 12.1 Å². The molecule has 0 unspecified atom stereocenters. The highest BCUT2D eigenvalue weighted by molar-refractivity contribution is 5.76. The number of rotatable bonds is 5. The van der Waals surface area contributed by atoms with E-state index in [2.05, 4.69) is 20.9 Å². The Morgan fingerprint density at radius 3 is 2.96 bits per heavy atom. The third kappa shape index (κ3) is 3.57. The van der Waals surface area contributed by atoms with E-state index in [-0.39, 0.29) is 25.0 Å². The van der Waals surface area contributed by atoms with Crippen LogP contribution in [-0.2, 0) is 13.1 Å². The summed E-state index contributed by atoms with van der Waals surface area (Å²) in [4.78, 5) is 23.8. The third-order valence-corrected chi connectivity index (χ3v) is 3.30. The topological polar surface area (TPSA) is 102 Å². The second-order valence-electron chi connectivity index (χ2n) is 4.97. The molecule has 0 atom stereocenters. The summed E-state index contributed by atoms with van der Waals surface area (Å²) in [5.41, 5.74) is -0.140. The maximum absolute atomic E-state index is 13.2. The van der Waals surface area contributed by atoms with Crippen molar-refractivity contribution < 1.29 is 13.6 Å². The molecule has 0 fully saturated rings. The normalized spacial score (nSPS) is 10.7. The van der Waals surface area contributed by atoms with Crippen LogP contribution in [0.25, 0.3) is 10.9 Å². The van der Waals surface area contributed by atoms with Crippen molar-refractivity contribution in [1.82, 2.24) is 25.6 Å². The van der Waals surface area contributed by atoms with Crippen molar-refractivity contribution in [1.29, 1.82) is 0 Å². The Morgan fingerprint density at radius 1 is 1.29 bits per heavy atom. The first kappa shape index (κ1) is 15.7. The minimum absolute atomic E-state index is 0.118. The first-order valence-electron chi connectivity index (χ1n) is 7.20. The van der Waals surface area contributed by atoms with E-state index < -0.39 is 17.4 Å². The maximum Gasteiger partial charge on any atom is 0.315 e. The highest BCUT2D eigenvalue weighted by Crippen LogP contribution is 2.07. The van der Waals surface area contributed by atoms with Crippen molar-refractivity contribution in [3.8, 4) is 0 Å². The Hall–Kier alpha value is -3.23. The third-order valence-electron chi connectivity index (χ3n) is 3.30. The van der Waals surface area contributed by atoms with Crippen molar-refractivity contribution in [2.75, 3.05) is 6.54 Å². The number of fused-ring (bicyclic) bond motifs is 1. The van der Waals surface area contributed by atoms with Gasteiger partial charge >= 0.3 is 6.03 Å². The van der Waals surface area contributed by atoms with Crippen LogP contribution in [0.1, 0.15) is 5.76 Å². The Kier molecular flexibility index (Phi) is 4.50. The van der Waals surface area contributed by atoms with Crippen molar-refractivity contribution in [3.63, 3.8) is 0 Å². The quantitative estimate of drug-likeness (QED) is 0.727. The lowest BCUT2D eigenvalue weighted by Crippen LogP contribution is -2.38. The largest absolute Gasteiger partial charge is 0.467 e. The molecule has 0 aliphatic carbocycles. The molecule has 2 aromatic heterocycles. The Bertz CT molecular complexity index is 907. The van der Waals surface area contributed by atoms with Gasteiger partial charge in [-0.15, -0.1) is 5.10 Å². The van der Waals surface area contributed by atoms with E-state index in [0.717, 1.165) is 10.7 Å². The van der Waals surface area contributed by atoms with Crippen LogP contribution in [0.3, 0.4) is 0 Å². The molecular formula is C15H14FN5O3. The van der Waals surface area contributed by atoms with Crippen molar-refractivity contribution >= 4 is 16.9 Å². The van der Waals surface area contributed by atoms with E-state index in [1.807, 2.05) is 0 Å². The van der Waals surface area contributed by atoms with Gasteiger partial charge in [-0.25, -0.2) is 13.9 Å². The zero-order valence-electron chi connectivity index (χ0n) is 12.5. The summed E-state index contributed by atoms with van der Waals surface area (Å²) in [6.07, 6.45) is 1.52. The van der Waals surface area contributed by atoms with Crippen LogP contribution < -0.4 is 16.2 Å². The van der Waals surface area contributed by atoms with Crippen LogP contribution in [0.4, 0.5) is 9.18 Å². The zero-order valence-corrected chi connectivity index (χ0v) is 12.5. The number of halogens is 1. The molecular weight excluding hydrogens is 317 g/mol. The second-order valence-corrected chi connectivity index (χ2v) is 4.97. The molecule has 0 aliphatic heterocycles. The summed E-state index contributed by atoms with van der Waals surface area (Å²) >= 11 is 0. The number of furan rings is 1. The van der Waals surface area contributed by atoms with Crippen molar-refractivity contribution in [2.45, 2.75) is 13.1 Å². The summed E-state index contributed by atoms with van der Waals surface area (Å²) in [7, 11) is 0. The molecule has 2 heterocycles. The van der Waals surface area contributed by atoms with Gasteiger partial charge in [-0.05, 0) is 30.3 Å². The molecule has 0 saturated heterocycles. The molecule has 8 nitrogen and oxygen atoms in total. The molecule has 9 heteroatoms. The molecule has 24 heavy (non-hydrogen) atoms. The maximum atomic E-state index is 13.2. The molecule has 3 aromatic rings. The monoisotopic (exact) mass is 331 g/mol. The number of carbonyl (C=O) groups is 1. The molecule has 3 rings (SSSR count). The van der Waals surface area contributed by atoms with Gasteiger partial charge in [-0.3, -0.25) is 4.79 Å². The van der Waals surface area contributed by atoms with Gasteiger partial charge in [0.25, 0.3) is 5.56 Å².